The van der Waals surface area contributed by atoms with Crippen LogP contribution in [0.5, 0.6) is 11.5 Å². The van der Waals surface area contributed by atoms with Crippen molar-refractivity contribution in [3.05, 3.63) is 59.7 Å². The molecule has 0 aliphatic carbocycles. The number of benzene rings is 2. The minimum Gasteiger partial charge on any atom is -0.490 e. The van der Waals surface area contributed by atoms with Crippen LogP contribution in [0, 0.1) is 0 Å². The van der Waals surface area contributed by atoms with E-state index >= 15 is 0 Å². The van der Waals surface area contributed by atoms with Crippen molar-refractivity contribution in [1.82, 2.24) is 5.43 Å². The Kier molecular flexibility index (Phi) is 8.71. The number of rotatable bonds is 10. The molecule has 2 aromatic rings. The maximum Gasteiger partial charge on any atom is 0.252 e. The second-order valence-corrected chi connectivity index (χ2v) is 7.07. The van der Waals surface area contributed by atoms with Gasteiger partial charge in [-0.2, -0.15) is 5.10 Å². The zero-order valence-electron chi connectivity index (χ0n) is 16.0. The highest BCUT2D eigenvalue weighted by atomic mass is 32.2. The Hall–Kier alpha value is -2.47. The molecule has 0 heterocycles. The molecule has 1 unspecified atom stereocenters. The molecule has 1 N–H and O–H groups in total. The van der Waals surface area contributed by atoms with Crippen LogP contribution in [0.25, 0.3) is 0 Å². The number of hydrogen-bond acceptors (Lipinski definition) is 5. The number of hydrazone groups is 1. The molecule has 6 heteroatoms. The van der Waals surface area contributed by atoms with E-state index < -0.39 is 0 Å². The van der Waals surface area contributed by atoms with Gasteiger partial charge in [-0.05, 0) is 50.1 Å². The summed E-state index contributed by atoms with van der Waals surface area (Å²) in [6, 6.07) is 15.6. The number of ether oxygens (including phenoxy) is 2. The summed E-state index contributed by atoms with van der Waals surface area (Å²) >= 11 is 1.58. The second kappa shape index (κ2) is 11.3. The summed E-state index contributed by atoms with van der Waals surface area (Å²) in [6.45, 7) is 6.85. The Morgan fingerprint density at radius 2 is 1.81 bits per heavy atom. The molecule has 0 bridgehead atoms. The smallest absolute Gasteiger partial charge is 0.252 e. The number of carbonyl (C=O) groups is 1. The molecule has 0 aromatic heterocycles. The molecule has 1 amide bonds. The van der Waals surface area contributed by atoms with Gasteiger partial charge in [0.2, 0.25) is 0 Å². The quantitative estimate of drug-likeness (QED) is 0.490. The van der Waals surface area contributed by atoms with E-state index in [-0.39, 0.29) is 11.2 Å². The lowest BCUT2D eigenvalue weighted by atomic mass is 10.2. The van der Waals surface area contributed by atoms with E-state index in [1.807, 2.05) is 57.2 Å². The topological polar surface area (TPSA) is 59.9 Å². The van der Waals surface area contributed by atoms with Crippen molar-refractivity contribution in [2.24, 2.45) is 5.10 Å². The van der Waals surface area contributed by atoms with E-state index in [0.717, 1.165) is 11.3 Å². The molecule has 27 heavy (non-hydrogen) atoms. The van der Waals surface area contributed by atoms with Crippen molar-refractivity contribution in [3.63, 3.8) is 0 Å². The predicted octanol–water partition coefficient (Wildman–Crippen LogP) is 4.26. The van der Waals surface area contributed by atoms with Crippen molar-refractivity contribution in [3.8, 4) is 11.5 Å². The van der Waals surface area contributed by atoms with Gasteiger partial charge in [0.25, 0.3) is 5.91 Å². The molecular formula is C21H26N2O3S. The summed E-state index contributed by atoms with van der Waals surface area (Å²) in [4.78, 5) is 12.2. The molecule has 0 saturated heterocycles. The first-order valence-electron chi connectivity index (χ1n) is 9.02. The van der Waals surface area contributed by atoms with Crippen LogP contribution in [0.2, 0.25) is 0 Å². The fourth-order valence-corrected chi connectivity index (χ4v) is 3.12. The lowest BCUT2D eigenvalue weighted by Gasteiger charge is -2.11. The van der Waals surface area contributed by atoms with E-state index in [2.05, 4.69) is 22.7 Å². The van der Waals surface area contributed by atoms with Gasteiger partial charge < -0.3 is 9.47 Å². The summed E-state index contributed by atoms with van der Waals surface area (Å²) in [5.41, 5.74) is 4.62. The average Bonchev–Trinajstić information content (AvgIpc) is 2.69. The lowest BCUT2D eigenvalue weighted by Crippen LogP contribution is -2.27. The number of amides is 1. The van der Waals surface area contributed by atoms with Crippen LogP contribution in [-0.4, -0.2) is 30.6 Å². The molecular weight excluding hydrogens is 360 g/mol. The summed E-state index contributed by atoms with van der Waals surface area (Å²) in [5, 5.41) is 3.87. The van der Waals surface area contributed by atoms with Crippen LogP contribution in [0.4, 0.5) is 0 Å². The van der Waals surface area contributed by atoms with E-state index in [4.69, 9.17) is 9.47 Å². The molecule has 0 radical (unpaired) electrons. The number of thioether (sulfide) groups is 1. The first-order valence-corrected chi connectivity index (χ1v) is 10.1. The fourth-order valence-electron chi connectivity index (χ4n) is 2.28. The molecule has 2 rings (SSSR count). The Morgan fingerprint density at radius 3 is 2.52 bits per heavy atom. The Morgan fingerprint density at radius 1 is 1.11 bits per heavy atom. The minimum atomic E-state index is -0.193. The molecule has 2 aromatic carbocycles. The van der Waals surface area contributed by atoms with Gasteiger partial charge in [0.15, 0.2) is 11.5 Å². The highest BCUT2D eigenvalue weighted by Crippen LogP contribution is 2.28. The molecule has 1 atom stereocenters. The number of nitrogens with one attached hydrogen (secondary N) is 1. The standard InChI is InChI=1S/C21H26N2O3S/c1-4-25-19-12-11-18(13-20(19)26-5-2)14-22-23-21(24)16(3)27-15-17-9-7-6-8-10-17/h6-14,16H,4-5,15H2,1-3H3,(H,23,24). The van der Waals surface area contributed by atoms with Gasteiger partial charge in [-0.25, -0.2) is 5.43 Å². The van der Waals surface area contributed by atoms with Gasteiger partial charge in [0, 0.05) is 5.75 Å². The third-order valence-corrected chi connectivity index (χ3v) is 4.88. The summed E-state index contributed by atoms with van der Waals surface area (Å²) in [6.07, 6.45) is 1.60. The Bertz CT molecular complexity index is 750. The monoisotopic (exact) mass is 386 g/mol. The van der Waals surface area contributed by atoms with Gasteiger partial charge in [0.05, 0.1) is 24.7 Å². The lowest BCUT2D eigenvalue weighted by molar-refractivity contribution is -0.120. The average molecular weight is 387 g/mol. The SMILES string of the molecule is CCOc1ccc(C=NNC(=O)C(C)SCc2ccccc2)cc1OCC. The van der Waals surface area contributed by atoms with Crippen LogP contribution >= 0.6 is 11.8 Å². The third-order valence-electron chi connectivity index (χ3n) is 3.67. The highest BCUT2D eigenvalue weighted by Gasteiger charge is 2.12. The minimum absolute atomic E-state index is 0.122. The Labute approximate surface area is 165 Å². The zero-order valence-corrected chi connectivity index (χ0v) is 16.8. The molecule has 0 spiro atoms. The van der Waals surface area contributed by atoms with Crippen molar-refractivity contribution in [2.45, 2.75) is 31.8 Å². The highest BCUT2D eigenvalue weighted by molar-refractivity contribution is 7.99. The molecule has 0 aliphatic heterocycles. The first kappa shape index (κ1) is 20.8. The van der Waals surface area contributed by atoms with Crippen molar-refractivity contribution < 1.29 is 14.3 Å². The van der Waals surface area contributed by atoms with Crippen LogP contribution in [0.1, 0.15) is 31.9 Å². The number of nitrogens with zero attached hydrogens (tertiary/aromatic N) is 1. The van der Waals surface area contributed by atoms with Gasteiger partial charge in [-0.15, -0.1) is 11.8 Å². The molecule has 0 fully saturated rings. The second-order valence-electron chi connectivity index (χ2n) is 5.75. The molecule has 0 aliphatic rings. The van der Waals surface area contributed by atoms with E-state index in [1.165, 1.54) is 5.56 Å². The molecule has 5 nitrogen and oxygen atoms in total. The van der Waals surface area contributed by atoms with Gasteiger partial charge in [-0.3, -0.25) is 4.79 Å². The van der Waals surface area contributed by atoms with Gasteiger partial charge in [-0.1, -0.05) is 30.3 Å². The van der Waals surface area contributed by atoms with Gasteiger partial charge >= 0.3 is 0 Å². The number of carbonyl (C=O) groups excluding carboxylic acids is 1. The third kappa shape index (κ3) is 6.98. The van der Waals surface area contributed by atoms with E-state index in [9.17, 15) is 4.79 Å². The van der Waals surface area contributed by atoms with Crippen LogP contribution in [0.3, 0.4) is 0 Å². The summed E-state index contributed by atoms with van der Waals surface area (Å²) in [7, 11) is 0. The molecule has 144 valence electrons. The maximum atomic E-state index is 12.2. The maximum absolute atomic E-state index is 12.2. The molecule has 0 saturated carbocycles. The largest absolute Gasteiger partial charge is 0.490 e. The van der Waals surface area contributed by atoms with Gasteiger partial charge in [0.1, 0.15) is 0 Å². The van der Waals surface area contributed by atoms with Crippen LogP contribution in [-0.2, 0) is 10.5 Å². The van der Waals surface area contributed by atoms with Crippen molar-refractivity contribution in [1.29, 1.82) is 0 Å². The first-order chi connectivity index (χ1) is 13.1. The Balaban J connectivity index is 1.88. The van der Waals surface area contributed by atoms with Crippen molar-refractivity contribution >= 4 is 23.9 Å². The summed E-state index contributed by atoms with van der Waals surface area (Å²) in [5.74, 6) is 2.03. The summed E-state index contributed by atoms with van der Waals surface area (Å²) < 4.78 is 11.1. The van der Waals surface area contributed by atoms with Crippen LogP contribution in [0.15, 0.2) is 53.6 Å². The van der Waals surface area contributed by atoms with Crippen molar-refractivity contribution in [2.75, 3.05) is 13.2 Å². The predicted molar refractivity (Wildman–Crippen MR) is 112 cm³/mol. The zero-order chi connectivity index (χ0) is 19.5. The van der Waals surface area contributed by atoms with E-state index in [1.54, 1.807) is 18.0 Å². The normalized spacial score (nSPS) is 12.0. The fraction of sp³-hybridized carbons (Fsp3) is 0.333. The number of hydrogen-bond donors (Lipinski definition) is 1. The van der Waals surface area contributed by atoms with E-state index in [0.29, 0.717) is 24.7 Å². The van der Waals surface area contributed by atoms with Crippen LogP contribution < -0.4 is 14.9 Å².